The zero-order valence-corrected chi connectivity index (χ0v) is 20.2. The summed E-state index contributed by atoms with van der Waals surface area (Å²) in [5.74, 6) is -0.303. The van der Waals surface area contributed by atoms with Crippen molar-refractivity contribution in [1.29, 1.82) is 0 Å². The Hall–Kier alpha value is -3.01. The van der Waals surface area contributed by atoms with E-state index in [0.29, 0.717) is 18.5 Å². The van der Waals surface area contributed by atoms with Gasteiger partial charge in [-0.2, -0.15) is 5.10 Å². The molecule has 2 aliphatic heterocycles. The lowest BCUT2D eigenvalue weighted by Gasteiger charge is -2.33. The monoisotopic (exact) mass is 487 g/mol. The summed E-state index contributed by atoms with van der Waals surface area (Å²) in [7, 11) is -3.46. The number of nitrogens with zero attached hydrogens (tertiary/aromatic N) is 4. The average Bonchev–Trinajstić information content (AvgIpc) is 3.10. The van der Waals surface area contributed by atoms with Crippen molar-refractivity contribution in [2.75, 3.05) is 17.8 Å². The molecule has 10 heteroatoms. The fraction of sp³-hybridized carbons (Fsp3) is 0.458. The van der Waals surface area contributed by atoms with E-state index in [1.165, 1.54) is 24.4 Å². The fourth-order valence-electron chi connectivity index (χ4n) is 4.61. The Morgan fingerprint density at radius 1 is 1.24 bits per heavy atom. The minimum Gasteiger partial charge on any atom is -0.331 e. The van der Waals surface area contributed by atoms with Crippen molar-refractivity contribution >= 4 is 27.8 Å². The molecule has 1 saturated heterocycles. The van der Waals surface area contributed by atoms with Gasteiger partial charge in [-0.3, -0.25) is 5.01 Å². The Bertz CT molecular complexity index is 1160. The molecular formula is C24H30FN5O3S. The third-order valence-electron chi connectivity index (χ3n) is 6.33. The standard InChI is InChI=1S/C24H30FN5O3S/c1-3-6-20(17-12-13-26-23(15-17)34(2,32)33)28-24(31)29-14-5-4-7-21-22(29)16-27-30(21)19-10-8-18(25)9-11-19/h8-13,15-16,20-22H,3-7,14H2,1-2H3,(H,28,31)/t20-,21?,22?/m0/s1. The third kappa shape index (κ3) is 5.22. The number of carbonyl (C=O) groups is 1. The Morgan fingerprint density at radius 3 is 2.71 bits per heavy atom. The number of hydrogen-bond acceptors (Lipinski definition) is 6. The predicted octanol–water partition coefficient (Wildman–Crippen LogP) is 3.90. The first kappa shape index (κ1) is 24.1. The number of fused-ring (bicyclic) bond motifs is 1. The van der Waals surface area contributed by atoms with E-state index in [4.69, 9.17) is 0 Å². The van der Waals surface area contributed by atoms with Crippen LogP contribution in [0.15, 0.2) is 52.7 Å². The normalized spacial score (nSPS) is 21.1. The van der Waals surface area contributed by atoms with Crippen LogP contribution < -0.4 is 10.3 Å². The lowest BCUT2D eigenvalue weighted by atomic mass is 10.0. The van der Waals surface area contributed by atoms with Gasteiger partial charge in [-0.05, 0) is 67.6 Å². The minimum absolute atomic E-state index is 0.00643. The van der Waals surface area contributed by atoms with Crippen LogP contribution in [0.4, 0.5) is 14.9 Å². The van der Waals surface area contributed by atoms with E-state index >= 15 is 0 Å². The second-order valence-corrected chi connectivity index (χ2v) is 10.8. The van der Waals surface area contributed by atoms with Gasteiger partial charge in [0.2, 0.25) is 0 Å². The molecule has 0 bridgehead atoms. The van der Waals surface area contributed by atoms with E-state index in [2.05, 4.69) is 15.4 Å². The SMILES string of the molecule is CCC[C@H](NC(=O)N1CCCCC2C1C=NN2c1ccc(F)cc1)c1ccnc(S(C)(=O)=O)c1. The summed E-state index contributed by atoms with van der Waals surface area (Å²) in [6.07, 6.45) is 8.55. The summed E-state index contributed by atoms with van der Waals surface area (Å²) in [5.41, 5.74) is 1.51. The summed E-state index contributed by atoms with van der Waals surface area (Å²) in [6.45, 7) is 2.62. The number of halogens is 1. The highest BCUT2D eigenvalue weighted by atomic mass is 32.2. The molecule has 2 aromatic rings. The van der Waals surface area contributed by atoms with Gasteiger partial charge >= 0.3 is 6.03 Å². The van der Waals surface area contributed by atoms with Crippen LogP contribution in [0.5, 0.6) is 0 Å². The maximum atomic E-state index is 13.5. The van der Waals surface area contributed by atoms with Crippen LogP contribution in [0.2, 0.25) is 0 Å². The number of aromatic nitrogens is 1. The first-order valence-electron chi connectivity index (χ1n) is 11.6. The minimum atomic E-state index is -3.46. The number of carbonyl (C=O) groups excluding carboxylic acids is 1. The summed E-state index contributed by atoms with van der Waals surface area (Å²) >= 11 is 0. The highest BCUT2D eigenvalue weighted by molar-refractivity contribution is 7.90. The van der Waals surface area contributed by atoms with Crippen LogP contribution in [-0.4, -0.2) is 55.4 Å². The molecule has 0 spiro atoms. The van der Waals surface area contributed by atoms with Crippen LogP contribution >= 0.6 is 0 Å². The summed E-state index contributed by atoms with van der Waals surface area (Å²) < 4.78 is 37.3. The van der Waals surface area contributed by atoms with Crippen molar-refractivity contribution in [3.63, 3.8) is 0 Å². The molecule has 4 rings (SSSR count). The zero-order chi connectivity index (χ0) is 24.3. The zero-order valence-electron chi connectivity index (χ0n) is 19.4. The van der Waals surface area contributed by atoms with Crippen LogP contribution in [0.1, 0.15) is 50.6 Å². The van der Waals surface area contributed by atoms with Gasteiger partial charge in [-0.1, -0.05) is 13.3 Å². The van der Waals surface area contributed by atoms with Gasteiger partial charge < -0.3 is 10.2 Å². The molecule has 182 valence electrons. The van der Waals surface area contributed by atoms with Gasteiger partial charge in [0.05, 0.1) is 23.8 Å². The van der Waals surface area contributed by atoms with Gasteiger partial charge in [0.25, 0.3) is 0 Å². The lowest BCUT2D eigenvalue weighted by molar-refractivity contribution is 0.184. The van der Waals surface area contributed by atoms with Gasteiger partial charge in [-0.15, -0.1) is 0 Å². The maximum Gasteiger partial charge on any atom is 0.318 e. The van der Waals surface area contributed by atoms with Crippen molar-refractivity contribution in [3.8, 4) is 0 Å². The van der Waals surface area contributed by atoms with E-state index < -0.39 is 9.84 Å². The molecule has 34 heavy (non-hydrogen) atoms. The maximum absolute atomic E-state index is 13.5. The van der Waals surface area contributed by atoms with Crippen molar-refractivity contribution in [2.24, 2.45) is 5.10 Å². The first-order chi connectivity index (χ1) is 16.3. The number of hydrazone groups is 1. The van der Waals surface area contributed by atoms with E-state index in [9.17, 15) is 17.6 Å². The van der Waals surface area contributed by atoms with Crippen LogP contribution in [-0.2, 0) is 9.84 Å². The van der Waals surface area contributed by atoms with Crippen molar-refractivity contribution in [2.45, 2.75) is 62.2 Å². The number of nitrogens with one attached hydrogen (secondary N) is 1. The van der Waals surface area contributed by atoms with Crippen LogP contribution in [0.3, 0.4) is 0 Å². The van der Waals surface area contributed by atoms with Gasteiger partial charge in [0, 0.05) is 25.2 Å². The molecule has 2 unspecified atom stereocenters. The summed E-state index contributed by atoms with van der Waals surface area (Å²) in [4.78, 5) is 19.2. The molecule has 1 N–H and O–H groups in total. The lowest BCUT2D eigenvalue weighted by Crippen LogP contribution is -2.52. The molecule has 0 radical (unpaired) electrons. The highest BCUT2D eigenvalue weighted by Gasteiger charge is 2.39. The van der Waals surface area contributed by atoms with E-state index in [0.717, 1.165) is 37.6 Å². The highest BCUT2D eigenvalue weighted by Crippen LogP contribution is 2.31. The van der Waals surface area contributed by atoms with Crippen LogP contribution in [0.25, 0.3) is 0 Å². The molecular weight excluding hydrogens is 457 g/mol. The Labute approximate surface area is 199 Å². The molecule has 2 aliphatic rings. The molecule has 0 aliphatic carbocycles. The fourth-order valence-corrected chi connectivity index (χ4v) is 5.21. The number of anilines is 1. The number of benzene rings is 1. The Kier molecular flexibility index (Phi) is 7.16. The molecule has 8 nitrogen and oxygen atoms in total. The molecule has 1 aromatic heterocycles. The topological polar surface area (TPSA) is 95.0 Å². The van der Waals surface area contributed by atoms with Gasteiger partial charge in [0.1, 0.15) is 5.82 Å². The van der Waals surface area contributed by atoms with Crippen molar-refractivity contribution in [1.82, 2.24) is 15.2 Å². The number of hydrogen-bond donors (Lipinski definition) is 1. The van der Waals surface area contributed by atoms with E-state index in [1.807, 2.05) is 16.8 Å². The average molecular weight is 488 g/mol. The number of rotatable bonds is 6. The molecule has 1 aromatic carbocycles. The molecule has 2 amide bonds. The number of pyridine rings is 1. The number of likely N-dealkylation sites (tertiary alicyclic amines) is 1. The Balaban J connectivity index is 1.54. The molecule has 1 fully saturated rings. The predicted molar refractivity (Wildman–Crippen MR) is 129 cm³/mol. The van der Waals surface area contributed by atoms with E-state index in [-0.39, 0.29) is 35.0 Å². The van der Waals surface area contributed by atoms with Gasteiger partial charge in [0.15, 0.2) is 14.9 Å². The second-order valence-electron chi connectivity index (χ2n) is 8.82. The Morgan fingerprint density at radius 2 is 2.00 bits per heavy atom. The van der Waals surface area contributed by atoms with Crippen molar-refractivity contribution in [3.05, 3.63) is 54.0 Å². The van der Waals surface area contributed by atoms with E-state index in [1.54, 1.807) is 24.4 Å². The summed E-state index contributed by atoms with van der Waals surface area (Å²) in [5, 5.41) is 9.54. The van der Waals surface area contributed by atoms with Gasteiger partial charge in [-0.25, -0.2) is 22.6 Å². The number of amides is 2. The molecule has 0 saturated carbocycles. The molecule has 3 heterocycles. The largest absolute Gasteiger partial charge is 0.331 e. The first-order valence-corrected chi connectivity index (χ1v) is 13.5. The quantitative estimate of drug-likeness (QED) is 0.667. The number of urea groups is 1. The van der Waals surface area contributed by atoms with Crippen molar-refractivity contribution < 1.29 is 17.6 Å². The smallest absolute Gasteiger partial charge is 0.318 e. The number of sulfone groups is 1. The second kappa shape index (κ2) is 10.1. The van der Waals surface area contributed by atoms with Crippen LogP contribution in [0, 0.1) is 5.82 Å². The summed E-state index contributed by atoms with van der Waals surface area (Å²) in [6, 6.07) is 8.72. The molecule has 3 atom stereocenters. The third-order valence-corrected chi connectivity index (χ3v) is 7.31.